The molecule has 1 aliphatic carbocycles. The lowest BCUT2D eigenvalue weighted by Gasteiger charge is -2.37. The van der Waals surface area contributed by atoms with E-state index in [9.17, 15) is 4.79 Å². The highest BCUT2D eigenvalue weighted by atomic mass is 16.5. The monoisotopic (exact) mass is 430 g/mol. The lowest BCUT2D eigenvalue weighted by atomic mass is 9.84. The molecular weight excluding hydrogens is 392 g/mol. The molecule has 7 nitrogen and oxygen atoms in total. The molecule has 1 amide bonds. The Kier molecular flexibility index (Phi) is 7.67. The number of ether oxygens (including phenoxy) is 2. The molecule has 0 radical (unpaired) electrons. The topological polar surface area (TPSA) is 66.9 Å². The first-order chi connectivity index (χ1) is 15.1. The quantitative estimate of drug-likeness (QED) is 0.684. The molecule has 2 aliphatic heterocycles. The van der Waals surface area contributed by atoms with Gasteiger partial charge in [0.2, 0.25) is 5.91 Å². The van der Waals surface area contributed by atoms with Crippen LogP contribution in [0.4, 0.5) is 5.82 Å². The van der Waals surface area contributed by atoms with Crippen LogP contribution in [-0.4, -0.2) is 74.4 Å². The molecule has 1 N–H and O–H groups in total. The molecule has 1 aromatic heterocycles. The van der Waals surface area contributed by atoms with E-state index in [1.165, 1.54) is 31.4 Å². The van der Waals surface area contributed by atoms with Gasteiger partial charge in [0.05, 0.1) is 19.1 Å². The van der Waals surface area contributed by atoms with Gasteiger partial charge >= 0.3 is 0 Å². The summed E-state index contributed by atoms with van der Waals surface area (Å²) in [6.45, 7) is 8.12. The number of carbonyl (C=O) groups excluding carboxylic acids is 1. The van der Waals surface area contributed by atoms with Gasteiger partial charge in [-0.3, -0.25) is 9.69 Å². The SMILES string of the molecule is CO[C@@H](C)CC(=O)NC1CCC(CCN2CCN(c3nccc4c3OCC4)CC2)CC1. The van der Waals surface area contributed by atoms with Crippen molar-refractivity contribution in [3.8, 4) is 5.75 Å². The number of pyridine rings is 1. The number of nitrogens with one attached hydrogen (secondary N) is 1. The third-order valence-electron chi connectivity index (χ3n) is 7.20. The first-order valence-electron chi connectivity index (χ1n) is 12.0. The fraction of sp³-hybridized carbons (Fsp3) is 0.750. The zero-order valence-corrected chi connectivity index (χ0v) is 19.1. The van der Waals surface area contributed by atoms with E-state index in [4.69, 9.17) is 9.47 Å². The van der Waals surface area contributed by atoms with E-state index in [1.54, 1.807) is 7.11 Å². The Balaban J connectivity index is 1.14. The zero-order chi connectivity index (χ0) is 21.6. The Morgan fingerprint density at radius 1 is 1.26 bits per heavy atom. The average molecular weight is 431 g/mol. The molecule has 31 heavy (non-hydrogen) atoms. The Morgan fingerprint density at radius 2 is 2.03 bits per heavy atom. The molecule has 7 heteroatoms. The molecule has 172 valence electrons. The molecule has 1 saturated carbocycles. The first kappa shape index (κ1) is 22.3. The van der Waals surface area contributed by atoms with Gasteiger partial charge in [-0.2, -0.15) is 0 Å². The predicted molar refractivity (Wildman–Crippen MR) is 122 cm³/mol. The number of hydrogen-bond donors (Lipinski definition) is 1. The van der Waals surface area contributed by atoms with Crippen molar-refractivity contribution in [1.29, 1.82) is 0 Å². The fourth-order valence-corrected chi connectivity index (χ4v) is 5.09. The van der Waals surface area contributed by atoms with Crippen LogP contribution in [-0.2, 0) is 16.0 Å². The van der Waals surface area contributed by atoms with Crippen molar-refractivity contribution in [2.45, 2.75) is 64.0 Å². The van der Waals surface area contributed by atoms with Crippen LogP contribution < -0.4 is 15.0 Å². The molecule has 1 aromatic rings. The van der Waals surface area contributed by atoms with Crippen LogP contribution in [0.2, 0.25) is 0 Å². The molecule has 3 aliphatic rings. The van der Waals surface area contributed by atoms with Gasteiger partial charge in [0.15, 0.2) is 11.6 Å². The number of carbonyl (C=O) groups is 1. The Bertz CT molecular complexity index is 728. The minimum absolute atomic E-state index is 0.0112. The van der Waals surface area contributed by atoms with Gasteiger partial charge < -0.3 is 19.7 Å². The van der Waals surface area contributed by atoms with Gasteiger partial charge in [0.1, 0.15) is 0 Å². The number of nitrogens with zero attached hydrogens (tertiary/aromatic N) is 3. The van der Waals surface area contributed by atoms with Gasteiger partial charge in [-0.25, -0.2) is 4.98 Å². The van der Waals surface area contributed by atoms with Crippen molar-refractivity contribution in [2.75, 3.05) is 51.3 Å². The van der Waals surface area contributed by atoms with Crippen molar-refractivity contribution in [1.82, 2.24) is 15.2 Å². The van der Waals surface area contributed by atoms with E-state index in [2.05, 4.69) is 26.2 Å². The molecule has 1 saturated heterocycles. The summed E-state index contributed by atoms with van der Waals surface area (Å²) in [6.07, 6.45) is 9.30. The van der Waals surface area contributed by atoms with Crippen LogP contribution in [0.15, 0.2) is 12.3 Å². The zero-order valence-electron chi connectivity index (χ0n) is 19.1. The standard InChI is InChI=1S/C24H38N4O3/c1-18(30-2)17-22(29)26-21-5-3-19(4-6-21)8-11-27-12-14-28(15-13-27)24-23-20(7-10-25-24)9-16-31-23/h7,10,18-19,21H,3-6,8-9,11-17H2,1-2H3,(H,26,29)/t18-,19?,21?/m0/s1. The van der Waals surface area contributed by atoms with Crippen LogP contribution in [0.25, 0.3) is 0 Å². The summed E-state index contributed by atoms with van der Waals surface area (Å²) in [5.41, 5.74) is 1.30. The number of methoxy groups -OCH3 is 1. The van der Waals surface area contributed by atoms with Crippen molar-refractivity contribution >= 4 is 11.7 Å². The molecule has 0 bridgehead atoms. The van der Waals surface area contributed by atoms with Gasteiger partial charge in [0, 0.05) is 57.5 Å². The number of anilines is 1. The van der Waals surface area contributed by atoms with Crippen LogP contribution in [0.3, 0.4) is 0 Å². The minimum atomic E-state index is -0.0112. The summed E-state index contributed by atoms with van der Waals surface area (Å²) >= 11 is 0. The van der Waals surface area contributed by atoms with E-state index in [0.717, 1.165) is 69.5 Å². The van der Waals surface area contributed by atoms with Crippen LogP contribution in [0, 0.1) is 5.92 Å². The lowest BCUT2D eigenvalue weighted by Crippen LogP contribution is -2.47. The highest BCUT2D eigenvalue weighted by molar-refractivity contribution is 5.76. The average Bonchev–Trinajstić information content (AvgIpc) is 3.28. The van der Waals surface area contributed by atoms with E-state index in [-0.39, 0.29) is 12.0 Å². The third-order valence-corrected chi connectivity index (χ3v) is 7.20. The maximum absolute atomic E-state index is 12.1. The van der Waals surface area contributed by atoms with Crippen molar-refractivity contribution in [2.24, 2.45) is 5.92 Å². The highest BCUT2D eigenvalue weighted by Gasteiger charge is 2.26. The highest BCUT2D eigenvalue weighted by Crippen LogP contribution is 2.34. The number of aromatic nitrogens is 1. The number of hydrogen-bond acceptors (Lipinski definition) is 6. The molecule has 2 fully saturated rings. The van der Waals surface area contributed by atoms with E-state index in [1.807, 2.05) is 13.1 Å². The summed E-state index contributed by atoms with van der Waals surface area (Å²) < 4.78 is 11.0. The fourth-order valence-electron chi connectivity index (χ4n) is 5.09. The maximum atomic E-state index is 12.1. The second-order valence-electron chi connectivity index (χ2n) is 9.37. The van der Waals surface area contributed by atoms with Crippen LogP contribution in [0.1, 0.15) is 51.0 Å². The smallest absolute Gasteiger partial charge is 0.222 e. The molecule has 4 rings (SSSR count). The van der Waals surface area contributed by atoms with Gasteiger partial charge in [-0.1, -0.05) is 0 Å². The van der Waals surface area contributed by atoms with E-state index in [0.29, 0.717) is 12.5 Å². The van der Waals surface area contributed by atoms with Crippen LogP contribution >= 0.6 is 0 Å². The second-order valence-corrected chi connectivity index (χ2v) is 9.37. The van der Waals surface area contributed by atoms with Crippen molar-refractivity contribution < 1.29 is 14.3 Å². The minimum Gasteiger partial charge on any atom is -0.489 e. The summed E-state index contributed by atoms with van der Waals surface area (Å²) in [4.78, 5) is 21.7. The van der Waals surface area contributed by atoms with Gasteiger partial charge in [0.25, 0.3) is 0 Å². The number of fused-ring (bicyclic) bond motifs is 1. The number of amides is 1. The summed E-state index contributed by atoms with van der Waals surface area (Å²) in [7, 11) is 1.65. The molecule has 0 aromatic carbocycles. The largest absolute Gasteiger partial charge is 0.489 e. The molecule has 3 heterocycles. The number of piperazine rings is 1. The van der Waals surface area contributed by atoms with Crippen molar-refractivity contribution in [3.05, 3.63) is 17.8 Å². The Morgan fingerprint density at radius 3 is 2.77 bits per heavy atom. The lowest BCUT2D eigenvalue weighted by molar-refractivity contribution is -0.124. The Labute approximate surface area is 186 Å². The normalized spacial score (nSPS) is 25.0. The predicted octanol–water partition coefficient (Wildman–Crippen LogP) is 2.63. The molecular formula is C24H38N4O3. The van der Waals surface area contributed by atoms with Crippen LogP contribution in [0.5, 0.6) is 5.75 Å². The van der Waals surface area contributed by atoms with Crippen molar-refractivity contribution in [3.63, 3.8) is 0 Å². The van der Waals surface area contributed by atoms with E-state index >= 15 is 0 Å². The van der Waals surface area contributed by atoms with Gasteiger partial charge in [-0.05, 0) is 57.6 Å². The molecule has 1 atom stereocenters. The maximum Gasteiger partial charge on any atom is 0.222 e. The molecule has 0 spiro atoms. The number of rotatable bonds is 8. The first-order valence-corrected chi connectivity index (χ1v) is 12.0. The Hall–Kier alpha value is -1.86. The van der Waals surface area contributed by atoms with Gasteiger partial charge in [-0.15, -0.1) is 0 Å². The summed E-state index contributed by atoms with van der Waals surface area (Å²) in [5.74, 6) is 2.96. The summed E-state index contributed by atoms with van der Waals surface area (Å²) in [5, 5.41) is 3.20. The molecule has 0 unspecified atom stereocenters. The van der Waals surface area contributed by atoms with E-state index < -0.39 is 0 Å². The second kappa shape index (κ2) is 10.6. The third kappa shape index (κ3) is 5.89. The summed E-state index contributed by atoms with van der Waals surface area (Å²) in [6, 6.07) is 2.43.